The summed E-state index contributed by atoms with van der Waals surface area (Å²) in [5.41, 5.74) is -0.522. The number of hydrogen-bond donors (Lipinski definition) is 1. The van der Waals surface area contributed by atoms with Crippen molar-refractivity contribution in [2.24, 2.45) is 0 Å². The van der Waals surface area contributed by atoms with Gasteiger partial charge in [0.2, 0.25) is 5.65 Å². The van der Waals surface area contributed by atoms with Gasteiger partial charge in [-0.25, -0.2) is 9.31 Å². The lowest BCUT2D eigenvalue weighted by atomic mass is 10.1. The molecule has 0 bridgehead atoms. The normalized spacial score (nSPS) is 11.3. The summed E-state index contributed by atoms with van der Waals surface area (Å²) < 4.78 is 11.9. The Morgan fingerprint density at radius 1 is 1.26 bits per heavy atom. The fourth-order valence-corrected chi connectivity index (χ4v) is 2.93. The molecule has 0 atom stereocenters. The quantitative estimate of drug-likeness (QED) is 0.284. The lowest BCUT2D eigenvalue weighted by molar-refractivity contribution is -0.386. The molecule has 0 aliphatic carbocycles. The van der Waals surface area contributed by atoms with Gasteiger partial charge in [-0.05, 0) is 43.3 Å². The van der Waals surface area contributed by atoms with E-state index in [9.17, 15) is 19.7 Å². The zero-order chi connectivity index (χ0) is 22.0. The summed E-state index contributed by atoms with van der Waals surface area (Å²) >= 11 is 0. The molecule has 0 aliphatic rings. The van der Waals surface area contributed by atoms with E-state index < -0.39 is 22.0 Å². The molecule has 0 unspecified atom stereocenters. The number of carbonyl (C=O) groups is 1. The molecule has 0 radical (unpaired) electrons. The van der Waals surface area contributed by atoms with Gasteiger partial charge in [0.05, 0.1) is 17.1 Å². The maximum Gasteiger partial charge on any atom is 0.345 e. The van der Waals surface area contributed by atoms with Gasteiger partial charge >= 0.3 is 17.1 Å². The maximum atomic E-state index is 12.3. The van der Waals surface area contributed by atoms with E-state index in [1.807, 2.05) is 0 Å². The molecule has 156 valence electrons. The number of fused-ring (bicyclic) bond motifs is 1. The lowest BCUT2D eigenvalue weighted by Gasteiger charge is -2.02. The number of ether oxygens (including phenoxy) is 1. The molecule has 11 heteroatoms. The highest BCUT2D eigenvalue weighted by molar-refractivity contribution is 5.90. The van der Waals surface area contributed by atoms with E-state index in [0.717, 1.165) is 5.56 Å². The molecule has 0 saturated carbocycles. The molecule has 3 aromatic heterocycles. The molecule has 4 aromatic rings. The fourth-order valence-electron chi connectivity index (χ4n) is 2.93. The van der Waals surface area contributed by atoms with Crippen LogP contribution in [-0.2, 0) is 4.74 Å². The van der Waals surface area contributed by atoms with Crippen LogP contribution in [0.5, 0.6) is 0 Å². The Labute approximate surface area is 173 Å². The van der Waals surface area contributed by atoms with Gasteiger partial charge in [0.1, 0.15) is 23.5 Å². The average Bonchev–Trinajstić information content (AvgIpc) is 3.42. The number of nitro groups is 1. The number of furan rings is 1. The third-order valence-corrected chi connectivity index (χ3v) is 4.37. The monoisotopic (exact) mass is 421 g/mol. The second-order valence-corrected chi connectivity index (χ2v) is 6.32. The molecule has 0 amide bonds. The highest BCUT2D eigenvalue weighted by Gasteiger charge is 2.22. The SMILES string of the molecule is CCOC(=O)c1ccc(-c2ccc(/C=C/c3[nH]n4cnnc4c(=O)c3[N+](=O)[O-])o2)cc1. The van der Waals surface area contributed by atoms with Crippen LogP contribution in [0.3, 0.4) is 0 Å². The number of nitrogens with zero attached hydrogens (tertiary/aromatic N) is 4. The van der Waals surface area contributed by atoms with Crippen molar-refractivity contribution in [2.45, 2.75) is 6.92 Å². The van der Waals surface area contributed by atoms with E-state index in [-0.39, 0.29) is 11.3 Å². The van der Waals surface area contributed by atoms with Crippen LogP contribution in [0.2, 0.25) is 0 Å². The van der Waals surface area contributed by atoms with Gasteiger partial charge in [-0.3, -0.25) is 20.0 Å². The summed E-state index contributed by atoms with van der Waals surface area (Å²) in [6, 6.07) is 10.1. The summed E-state index contributed by atoms with van der Waals surface area (Å²) in [5.74, 6) is 0.536. The third kappa shape index (κ3) is 3.83. The molecule has 31 heavy (non-hydrogen) atoms. The maximum absolute atomic E-state index is 12.3. The van der Waals surface area contributed by atoms with E-state index in [4.69, 9.17) is 9.15 Å². The second-order valence-electron chi connectivity index (χ2n) is 6.32. The molecule has 0 aliphatic heterocycles. The van der Waals surface area contributed by atoms with Crippen LogP contribution in [0.4, 0.5) is 5.69 Å². The molecule has 11 nitrogen and oxygen atoms in total. The number of aromatic nitrogens is 4. The van der Waals surface area contributed by atoms with Crippen LogP contribution in [0.1, 0.15) is 28.7 Å². The van der Waals surface area contributed by atoms with E-state index in [0.29, 0.717) is 23.7 Å². The Hall–Kier alpha value is -4.54. The first kappa shape index (κ1) is 19.8. The number of rotatable bonds is 6. The predicted molar refractivity (Wildman–Crippen MR) is 109 cm³/mol. The van der Waals surface area contributed by atoms with Crippen molar-refractivity contribution in [3.63, 3.8) is 0 Å². The molecular weight excluding hydrogens is 406 g/mol. The molecule has 0 saturated heterocycles. The minimum absolute atomic E-state index is 0.0287. The van der Waals surface area contributed by atoms with E-state index in [2.05, 4.69) is 15.3 Å². The Morgan fingerprint density at radius 3 is 2.74 bits per heavy atom. The molecule has 4 rings (SSSR count). The van der Waals surface area contributed by atoms with E-state index >= 15 is 0 Å². The van der Waals surface area contributed by atoms with Crippen LogP contribution < -0.4 is 5.43 Å². The van der Waals surface area contributed by atoms with Gasteiger partial charge in [-0.2, -0.15) is 0 Å². The molecule has 3 heterocycles. The highest BCUT2D eigenvalue weighted by Crippen LogP contribution is 2.24. The first-order valence-corrected chi connectivity index (χ1v) is 9.14. The van der Waals surface area contributed by atoms with Crippen LogP contribution in [0.25, 0.3) is 29.1 Å². The number of H-pyrrole nitrogens is 1. The summed E-state index contributed by atoms with van der Waals surface area (Å²) in [6.07, 6.45) is 4.10. The van der Waals surface area contributed by atoms with Gasteiger partial charge in [0.15, 0.2) is 0 Å². The minimum atomic E-state index is -0.845. The first-order chi connectivity index (χ1) is 15.0. The Balaban J connectivity index is 1.61. The standard InChI is InChI=1S/C20H15N5O6/c1-2-30-20(27)13-5-3-12(4-6-13)16-10-8-14(31-16)7-9-15-17(25(28)29)18(26)19-22-21-11-24(19)23-15/h3-11,23H,2H2,1H3/b9-7+. The highest BCUT2D eigenvalue weighted by atomic mass is 16.6. The van der Waals surface area contributed by atoms with Crippen molar-refractivity contribution in [1.29, 1.82) is 0 Å². The summed E-state index contributed by atoms with van der Waals surface area (Å²) in [7, 11) is 0. The lowest BCUT2D eigenvalue weighted by Crippen LogP contribution is -2.15. The first-order valence-electron chi connectivity index (χ1n) is 9.14. The van der Waals surface area contributed by atoms with Crippen molar-refractivity contribution in [2.75, 3.05) is 6.61 Å². The average molecular weight is 421 g/mol. The summed E-state index contributed by atoms with van der Waals surface area (Å²) in [6.45, 7) is 2.03. The predicted octanol–water partition coefficient (Wildman–Crippen LogP) is 2.93. The largest absolute Gasteiger partial charge is 0.462 e. The van der Waals surface area contributed by atoms with Crippen LogP contribution >= 0.6 is 0 Å². The molecule has 1 aromatic carbocycles. The zero-order valence-corrected chi connectivity index (χ0v) is 16.1. The van der Waals surface area contributed by atoms with Gasteiger partial charge in [0, 0.05) is 5.56 Å². The number of hydrogen-bond acceptors (Lipinski definition) is 8. The molecular formula is C20H15N5O6. The second kappa shape index (κ2) is 8.06. The number of aromatic amines is 1. The van der Waals surface area contributed by atoms with Crippen LogP contribution in [-0.4, -0.2) is 37.3 Å². The van der Waals surface area contributed by atoms with E-state index in [1.54, 1.807) is 43.3 Å². The number of carbonyl (C=O) groups excluding carboxylic acids is 1. The van der Waals surface area contributed by atoms with Crippen molar-refractivity contribution in [3.8, 4) is 11.3 Å². The molecule has 0 spiro atoms. The van der Waals surface area contributed by atoms with Crippen LogP contribution in [0.15, 0.2) is 51.9 Å². The number of benzene rings is 1. The number of esters is 1. The summed E-state index contributed by atoms with van der Waals surface area (Å²) in [4.78, 5) is 34.6. The van der Waals surface area contributed by atoms with Gasteiger partial charge in [0.25, 0.3) is 0 Å². The smallest absolute Gasteiger partial charge is 0.345 e. The van der Waals surface area contributed by atoms with Crippen molar-refractivity contribution < 1.29 is 18.9 Å². The fraction of sp³-hybridized carbons (Fsp3) is 0.100. The van der Waals surface area contributed by atoms with Gasteiger partial charge in [-0.15, -0.1) is 10.2 Å². The topological polar surface area (TPSA) is 146 Å². The van der Waals surface area contributed by atoms with Crippen molar-refractivity contribution in [1.82, 2.24) is 19.8 Å². The van der Waals surface area contributed by atoms with E-state index in [1.165, 1.54) is 23.0 Å². The minimum Gasteiger partial charge on any atom is -0.462 e. The van der Waals surface area contributed by atoms with Crippen molar-refractivity contribution >= 4 is 29.5 Å². The zero-order valence-electron chi connectivity index (χ0n) is 16.1. The van der Waals surface area contributed by atoms with Gasteiger partial charge < -0.3 is 9.15 Å². The Bertz CT molecular complexity index is 1360. The van der Waals surface area contributed by atoms with Crippen molar-refractivity contribution in [3.05, 3.63) is 80.1 Å². The molecule has 1 N–H and O–H groups in total. The Kier molecular flexibility index (Phi) is 5.14. The molecule has 0 fully saturated rings. The third-order valence-electron chi connectivity index (χ3n) is 4.37. The summed E-state index contributed by atoms with van der Waals surface area (Å²) in [5, 5.41) is 21.2. The van der Waals surface area contributed by atoms with Crippen LogP contribution in [0, 0.1) is 10.1 Å². The number of nitrogens with one attached hydrogen (secondary N) is 1. The Morgan fingerprint density at radius 2 is 2.03 bits per heavy atom. The van der Waals surface area contributed by atoms with Gasteiger partial charge in [-0.1, -0.05) is 12.1 Å².